The van der Waals surface area contributed by atoms with E-state index >= 15 is 0 Å². The molecule has 0 aliphatic heterocycles. The molecule has 1 amide bonds. The van der Waals surface area contributed by atoms with Crippen LogP contribution in [0.1, 0.15) is 39.0 Å². The third-order valence-electron chi connectivity index (χ3n) is 4.22. The summed E-state index contributed by atoms with van der Waals surface area (Å²) in [5.74, 6) is 0.770. The standard InChI is InChI=1S/C20H23N3O2S/c1-4-23-15(3)17(11-22-23)10-21-20(24)19-9-16(13-26-19)12-25-18-7-5-6-14(2)8-18/h5-9,11,13H,4,10,12H2,1-3H3,(H,21,24). The lowest BCUT2D eigenvalue weighted by Gasteiger charge is -2.05. The van der Waals surface area contributed by atoms with Gasteiger partial charge in [-0.2, -0.15) is 5.10 Å². The van der Waals surface area contributed by atoms with E-state index in [4.69, 9.17) is 4.74 Å². The molecule has 0 atom stereocenters. The summed E-state index contributed by atoms with van der Waals surface area (Å²) in [5.41, 5.74) is 4.29. The normalized spacial score (nSPS) is 10.7. The maximum Gasteiger partial charge on any atom is 0.261 e. The Morgan fingerprint density at radius 2 is 2.15 bits per heavy atom. The average Bonchev–Trinajstić information content (AvgIpc) is 3.25. The minimum atomic E-state index is -0.0690. The van der Waals surface area contributed by atoms with Crippen LogP contribution >= 0.6 is 11.3 Å². The Kier molecular flexibility index (Phi) is 5.73. The quantitative estimate of drug-likeness (QED) is 0.682. The van der Waals surface area contributed by atoms with Gasteiger partial charge in [-0.15, -0.1) is 11.3 Å². The van der Waals surface area contributed by atoms with Crippen molar-refractivity contribution in [3.05, 3.63) is 69.2 Å². The highest BCUT2D eigenvalue weighted by molar-refractivity contribution is 7.12. The van der Waals surface area contributed by atoms with Crippen molar-refractivity contribution in [3.8, 4) is 5.75 Å². The van der Waals surface area contributed by atoms with Gasteiger partial charge in [0.05, 0.1) is 11.1 Å². The van der Waals surface area contributed by atoms with Crippen LogP contribution in [-0.2, 0) is 19.7 Å². The van der Waals surface area contributed by atoms with Crippen LogP contribution in [0.5, 0.6) is 5.75 Å². The van der Waals surface area contributed by atoms with E-state index in [1.54, 1.807) is 0 Å². The van der Waals surface area contributed by atoms with Gasteiger partial charge in [-0.25, -0.2) is 0 Å². The number of thiophene rings is 1. The Morgan fingerprint density at radius 3 is 2.88 bits per heavy atom. The van der Waals surface area contributed by atoms with Crippen LogP contribution < -0.4 is 10.1 Å². The van der Waals surface area contributed by atoms with E-state index < -0.39 is 0 Å². The van der Waals surface area contributed by atoms with Crippen molar-refractivity contribution in [3.63, 3.8) is 0 Å². The van der Waals surface area contributed by atoms with Crippen molar-refractivity contribution in [1.29, 1.82) is 0 Å². The molecule has 1 aromatic carbocycles. The van der Waals surface area contributed by atoms with E-state index in [2.05, 4.69) is 10.4 Å². The maximum absolute atomic E-state index is 12.4. The number of hydrogen-bond acceptors (Lipinski definition) is 4. The number of amides is 1. The molecule has 3 rings (SSSR count). The van der Waals surface area contributed by atoms with Crippen molar-refractivity contribution < 1.29 is 9.53 Å². The summed E-state index contributed by atoms with van der Waals surface area (Å²) < 4.78 is 7.71. The molecule has 0 unspecified atom stereocenters. The van der Waals surface area contributed by atoms with Crippen molar-refractivity contribution in [2.75, 3.05) is 0 Å². The van der Waals surface area contributed by atoms with E-state index in [1.807, 2.05) is 67.4 Å². The smallest absolute Gasteiger partial charge is 0.261 e. The topological polar surface area (TPSA) is 56.2 Å². The van der Waals surface area contributed by atoms with Gasteiger partial charge in [0.2, 0.25) is 0 Å². The number of nitrogens with zero attached hydrogens (tertiary/aromatic N) is 2. The van der Waals surface area contributed by atoms with E-state index in [9.17, 15) is 4.79 Å². The highest BCUT2D eigenvalue weighted by Gasteiger charge is 2.11. The largest absolute Gasteiger partial charge is 0.489 e. The van der Waals surface area contributed by atoms with E-state index in [1.165, 1.54) is 11.3 Å². The molecule has 0 fully saturated rings. The summed E-state index contributed by atoms with van der Waals surface area (Å²) in [6.07, 6.45) is 1.81. The second kappa shape index (κ2) is 8.19. The lowest BCUT2D eigenvalue weighted by Crippen LogP contribution is -2.22. The predicted octanol–water partition coefficient (Wildman–Crippen LogP) is 4.09. The van der Waals surface area contributed by atoms with Crippen LogP contribution in [0, 0.1) is 13.8 Å². The second-order valence-electron chi connectivity index (χ2n) is 6.18. The first-order valence-corrected chi connectivity index (χ1v) is 9.51. The molecule has 0 saturated carbocycles. The summed E-state index contributed by atoms with van der Waals surface area (Å²) in [7, 11) is 0. The number of benzene rings is 1. The zero-order valence-corrected chi connectivity index (χ0v) is 16.1. The van der Waals surface area contributed by atoms with Gasteiger partial charge in [-0.1, -0.05) is 12.1 Å². The van der Waals surface area contributed by atoms with Crippen LogP contribution in [0.2, 0.25) is 0 Å². The molecule has 0 spiro atoms. The Labute approximate surface area is 157 Å². The summed E-state index contributed by atoms with van der Waals surface area (Å²) in [4.78, 5) is 13.1. The summed E-state index contributed by atoms with van der Waals surface area (Å²) in [5, 5.41) is 9.23. The number of carbonyl (C=O) groups is 1. The van der Waals surface area contributed by atoms with Crippen LogP contribution in [0.15, 0.2) is 41.9 Å². The average molecular weight is 369 g/mol. The molecule has 2 heterocycles. The van der Waals surface area contributed by atoms with Crippen LogP contribution in [0.4, 0.5) is 0 Å². The molecule has 2 aromatic heterocycles. The first kappa shape index (κ1) is 18.2. The molecule has 0 bridgehead atoms. The lowest BCUT2D eigenvalue weighted by atomic mass is 10.2. The van der Waals surface area contributed by atoms with Gasteiger partial charge in [0.25, 0.3) is 5.91 Å². The predicted molar refractivity (Wildman–Crippen MR) is 104 cm³/mol. The number of nitrogens with one attached hydrogen (secondary N) is 1. The third kappa shape index (κ3) is 4.32. The number of aryl methyl sites for hydroxylation is 2. The molecule has 3 aromatic rings. The fraction of sp³-hybridized carbons (Fsp3) is 0.300. The van der Waals surface area contributed by atoms with E-state index in [0.29, 0.717) is 18.0 Å². The monoisotopic (exact) mass is 369 g/mol. The van der Waals surface area contributed by atoms with Crippen LogP contribution in [-0.4, -0.2) is 15.7 Å². The summed E-state index contributed by atoms with van der Waals surface area (Å²) in [6, 6.07) is 9.83. The Bertz CT molecular complexity index is 898. The number of aromatic nitrogens is 2. The minimum Gasteiger partial charge on any atom is -0.489 e. The van der Waals surface area contributed by atoms with Gasteiger partial charge < -0.3 is 10.1 Å². The summed E-state index contributed by atoms with van der Waals surface area (Å²) in [6.45, 7) is 7.87. The van der Waals surface area contributed by atoms with Gasteiger partial charge >= 0.3 is 0 Å². The summed E-state index contributed by atoms with van der Waals surface area (Å²) >= 11 is 1.43. The van der Waals surface area contributed by atoms with Gasteiger partial charge in [0.15, 0.2) is 0 Å². The van der Waals surface area contributed by atoms with Crippen molar-refractivity contribution >= 4 is 17.2 Å². The number of rotatable bonds is 7. The number of carbonyl (C=O) groups excluding carboxylic acids is 1. The van der Waals surface area contributed by atoms with Gasteiger partial charge in [-0.3, -0.25) is 9.48 Å². The fourth-order valence-electron chi connectivity index (χ4n) is 2.68. The molecular formula is C20H23N3O2S. The molecule has 5 nitrogen and oxygen atoms in total. The molecule has 6 heteroatoms. The molecule has 26 heavy (non-hydrogen) atoms. The first-order chi connectivity index (χ1) is 12.6. The number of hydrogen-bond donors (Lipinski definition) is 1. The van der Waals surface area contributed by atoms with Gasteiger partial charge in [0, 0.05) is 29.9 Å². The van der Waals surface area contributed by atoms with E-state index in [-0.39, 0.29) is 5.91 Å². The molecule has 136 valence electrons. The molecule has 0 radical (unpaired) electrons. The molecule has 0 aliphatic carbocycles. The Morgan fingerprint density at radius 1 is 1.31 bits per heavy atom. The zero-order valence-electron chi connectivity index (χ0n) is 15.3. The Hall–Kier alpha value is -2.60. The van der Waals surface area contributed by atoms with Gasteiger partial charge in [0.1, 0.15) is 12.4 Å². The molecule has 0 saturated heterocycles. The van der Waals surface area contributed by atoms with Crippen molar-refractivity contribution in [2.45, 2.75) is 40.5 Å². The van der Waals surface area contributed by atoms with Crippen molar-refractivity contribution in [2.24, 2.45) is 0 Å². The highest BCUT2D eigenvalue weighted by Crippen LogP contribution is 2.19. The number of ether oxygens (including phenoxy) is 1. The SMILES string of the molecule is CCn1ncc(CNC(=O)c2cc(COc3cccc(C)c3)cs2)c1C. The molecular weight excluding hydrogens is 346 g/mol. The Balaban J connectivity index is 1.55. The second-order valence-corrected chi connectivity index (χ2v) is 7.09. The lowest BCUT2D eigenvalue weighted by molar-refractivity contribution is 0.0955. The first-order valence-electron chi connectivity index (χ1n) is 8.63. The maximum atomic E-state index is 12.4. The minimum absolute atomic E-state index is 0.0690. The molecule has 0 aliphatic rings. The highest BCUT2D eigenvalue weighted by atomic mass is 32.1. The van der Waals surface area contributed by atoms with Gasteiger partial charge in [-0.05, 0) is 49.9 Å². The van der Waals surface area contributed by atoms with Crippen LogP contribution in [0.3, 0.4) is 0 Å². The third-order valence-corrected chi connectivity index (χ3v) is 5.19. The fourth-order valence-corrected chi connectivity index (χ4v) is 3.50. The van der Waals surface area contributed by atoms with E-state index in [0.717, 1.165) is 34.7 Å². The molecule has 1 N–H and O–H groups in total. The van der Waals surface area contributed by atoms with Crippen molar-refractivity contribution in [1.82, 2.24) is 15.1 Å². The van der Waals surface area contributed by atoms with Crippen LogP contribution in [0.25, 0.3) is 0 Å². The zero-order chi connectivity index (χ0) is 18.5.